The Bertz CT molecular complexity index is 488. The van der Waals surface area contributed by atoms with Gasteiger partial charge in [0, 0.05) is 16.8 Å². The molecule has 0 radical (unpaired) electrons. The van der Waals surface area contributed by atoms with Crippen molar-refractivity contribution in [2.45, 2.75) is 5.56 Å². The number of aliphatic imine (C=N–C) groups is 1. The SMILES string of the molecule is O=C1C=CC2=NC(S(=O)(=O)Cl)OC2=C1. The average Bonchev–Trinajstić information content (AvgIpc) is 2.45. The van der Waals surface area contributed by atoms with Gasteiger partial charge in [0.1, 0.15) is 5.71 Å². The van der Waals surface area contributed by atoms with Gasteiger partial charge in [-0.25, -0.2) is 13.4 Å². The smallest absolute Gasteiger partial charge is 0.307 e. The van der Waals surface area contributed by atoms with Crippen LogP contribution in [0.25, 0.3) is 0 Å². The lowest BCUT2D eigenvalue weighted by Gasteiger charge is -2.05. The number of halogens is 1. The van der Waals surface area contributed by atoms with Crippen molar-refractivity contribution in [2.75, 3.05) is 0 Å². The molecule has 5 nitrogen and oxygen atoms in total. The molecule has 0 saturated carbocycles. The Balaban J connectivity index is 2.38. The summed E-state index contributed by atoms with van der Waals surface area (Å²) in [6.45, 7) is 0. The van der Waals surface area contributed by atoms with Crippen molar-refractivity contribution in [1.29, 1.82) is 0 Å². The number of hydrogen-bond acceptors (Lipinski definition) is 5. The van der Waals surface area contributed by atoms with Gasteiger partial charge in [0.15, 0.2) is 11.5 Å². The number of hydrogen-bond donors (Lipinski definition) is 0. The summed E-state index contributed by atoms with van der Waals surface area (Å²) < 4.78 is 26.6. The summed E-state index contributed by atoms with van der Waals surface area (Å²) in [5, 5.41) is 0. The van der Waals surface area contributed by atoms with Gasteiger partial charge in [-0.2, -0.15) is 0 Å². The molecule has 1 atom stereocenters. The zero-order valence-corrected chi connectivity index (χ0v) is 8.25. The zero-order valence-electron chi connectivity index (χ0n) is 6.68. The van der Waals surface area contributed by atoms with Crippen molar-refractivity contribution in [1.82, 2.24) is 0 Å². The molecule has 0 spiro atoms. The van der Waals surface area contributed by atoms with Crippen molar-refractivity contribution in [3.63, 3.8) is 0 Å². The van der Waals surface area contributed by atoms with Crippen LogP contribution < -0.4 is 0 Å². The van der Waals surface area contributed by atoms with Gasteiger partial charge in [0.05, 0.1) is 0 Å². The van der Waals surface area contributed by atoms with Crippen molar-refractivity contribution >= 4 is 31.2 Å². The molecule has 1 aliphatic carbocycles. The molecule has 14 heavy (non-hydrogen) atoms. The third-order valence-corrected chi connectivity index (χ3v) is 2.78. The van der Waals surface area contributed by atoms with Gasteiger partial charge in [-0.1, -0.05) is 0 Å². The molecule has 1 unspecified atom stereocenters. The minimum absolute atomic E-state index is 0.145. The van der Waals surface area contributed by atoms with Crippen molar-refractivity contribution in [3.8, 4) is 0 Å². The van der Waals surface area contributed by atoms with Gasteiger partial charge in [0.25, 0.3) is 9.05 Å². The van der Waals surface area contributed by atoms with Crippen LogP contribution in [0.15, 0.2) is 29.0 Å². The summed E-state index contributed by atoms with van der Waals surface area (Å²) in [5.41, 5.74) is -1.13. The summed E-state index contributed by atoms with van der Waals surface area (Å²) in [4.78, 5) is 14.6. The highest BCUT2D eigenvalue weighted by Crippen LogP contribution is 2.24. The number of rotatable bonds is 1. The molecule has 7 heteroatoms. The Morgan fingerprint density at radius 2 is 2.14 bits per heavy atom. The third kappa shape index (κ3) is 1.58. The second-order valence-electron chi connectivity index (χ2n) is 2.66. The lowest BCUT2D eigenvalue weighted by Crippen LogP contribution is -2.12. The molecule has 1 aliphatic heterocycles. The van der Waals surface area contributed by atoms with Gasteiger partial charge in [-0.05, 0) is 12.2 Å². The molecule has 0 saturated heterocycles. The second kappa shape index (κ2) is 2.93. The molecule has 0 amide bonds. The van der Waals surface area contributed by atoms with E-state index in [0.717, 1.165) is 0 Å². The van der Waals surface area contributed by atoms with Gasteiger partial charge in [-0.3, -0.25) is 4.79 Å². The van der Waals surface area contributed by atoms with Gasteiger partial charge in [0.2, 0.25) is 0 Å². The molecule has 74 valence electrons. The van der Waals surface area contributed by atoms with E-state index >= 15 is 0 Å². The highest BCUT2D eigenvalue weighted by Gasteiger charge is 2.33. The molecular weight excluding hydrogens is 230 g/mol. The topological polar surface area (TPSA) is 72.8 Å². The lowest BCUT2D eigenvalue weighted by molar-refractivity contribution is -0.110. The summed E-state index contributed by atoms with van der Waals surface area (Å²) in [7, 11) is 1.14. The van der Waals surface area contributed by atoms with E-state index < -0.39 is 14.6 Å². The second-order valence-corrected chi connectivity index (χ2v) is 5.30. The minimum Gasteiger partial charge on any atom is -0.451 e. The Hall–Kier alpha value is -1.14. The van der Waals surface area contributed by atoms with Crippen LogP contribution in [0.5, 0.6) is 0 Å². The van der Waals surface area contributed by atoms with Crippen molar-refractivity contribution in [3.05, 3.63) is 24.0 Å². The van der Waals surface area contributed by atoms with Gasteiger partial charge in [-0.15, -0.1) is 0 Å². The molecule has 0 aromatic heterocycles. The number of fused-ring (bicyclic) bond motifs is 1. The summed E-state index contributed by atoms with van der Waals surface area (Å²) >= 11 is 0. The van der Waals surface area contributed by atoms with E-state index in [9.17, 15) is 13.2 Å². The monoisotopic (exact) mass is 233 g/mol. The van der Waals surface area contributed by atoms with Gasteiger partial charge < -0.3 is 4.74 Å². The first kappa shape index (κ1) is 9.42. The Labute approximate surface area is 84.1 Å². The van der Waals surface area contributed by atoms with Crippen molar-refractivity contribution in [2.24, 2.45) is 4.99 Å². The largest absolute Gasteiger partial charge is 0.451 e. The number of allylic oxidation sites excluding steroid dienone is 3. The molecule has 0 bridgehead atoms. The van der Waals surface area contributed by atoms with Crippen LogP contribution in [0.4, 0.5) is 0 Å². The van der Waals surface area contributed by atoms with Crippen LogP contribution in [0.2, 0.25) is 0 Å². The first-order valence-corrected chi connectivity index (χ1v) is 5.96. The molecule has 0 aromatic rings. The van der Waals surface area contributed by atoms with Crippen LogP contribution in [-0.2, 0) is 18.6 Å². The van der Waals surface area contributed by atoms with E-state index in [1.54, 1.807) is 0 Å². The molecular formula is C7H4ClNO4S. The number of carbonyl (C=O) groups excluding carboxylic acids is 1. The quantitative estimate of drug-likeness (QED) is 0.483. The first-order valence-electron chi connectivity index (χ1n) is 3.59. The van der Waals surface area contributed by atoms with Crippen LogP contribution in [0.1, 0.15) is 0 Å². The van der Waals surface area contributed by atoms with Crippen LogP contribution in [0, 0.1) is 0 Å². The predicted octanol–water partition coefficient (Wildman–Crippen LogP) is 0.333. The van der Waals surface area contributed by atoms with E-state index in [-0.39, 0.29) is 11.5 Å². The van der Waals surface area contributed by atoms with Crippen LogP contribution in [-0.4, -0.2) is 25.5 Å². The van der Waals surface area contributed by atoms with Crippen LogP contribution in [0.3, 0.4) is 0 Å². The highest BCUT2D eigenvalue weighted by molar-refractivity contribution is 8.14. The number of ether oxygens (including phenoxy) is 1. The van der Waals surface area contributed by atoms with E-state index in [4.69, 9.17) is 15.4 Å². The molecule has 2 aliphatic rings. The van der Waals surface area contributed by atoms with Gasteiger partial charge >= 0.3 is 5.56 Å². The Kier molecular flexibility index (Phi) is 1.97. The average molecular weight is 234 g/mol. The minimum atomic E-state index is -3.90. The molecule has 0 N–H and O–H groups in total. The lowest BCUT2D eigenvalue weighted by atomic mass is 10.1. The Morgan fingerprint density at radius 1 is 1.43 bits per heavy atom. The maximum atomic E-state index is 10.9. The highest BCUT2D eigenvalue weighted by atomic mass is 35.7. The van der Waals surface area contributed by atoms with Crippen molar-refractivity contribution < 1.29 is 17.9 Å². The van der Waals surface area contributed by atoms with E-state index in [1.807, 2.05) is 0 Å². The first-order chi connectivity index (χ1) is 6.47. The molecule has 0 fully saturated rings. The normalized spacial score (nSPS) is 25.2. The molecule has 2 rings (SSSR count). The summed E-state index contributed by atoms with van der Waals surface area (Å²) in [6, 6.07) is 0. The summed E-state index contributed by atoms with van der Waals surface area (Å²) in [5.74, 6) is -0.127. The van der Waals surface area contributed by atoms with E-state index in [2.05, 4.69) is 4.99 Å². The molecule has 0 aromatic carbocycles. The predicted molar refractivity (Wildman–Crippen MR) is 49.3 cm³/mol. The number of nitrogens with zero attached hydrogens (tertiary/aromatic N) is 1. The Morgan fingerprint density at radius 3 is 2.79 bits per heavy atom. The fourth-order valence-electron chi connectivity index (χ4n) is 1.06. The maximum Gasteiger partial charge on any atom is 0.307 e. The fourth-order valence-corrected chi connectivity index (χ4v) is 1.75. The fraction of sp³-hybridized carbons (Fsp3) is 0.143. The maximum absolute atomic E-state index is 10.9. The molecule has 1 heterocycles. The third-order valence-electron chi connectivity index (χ3n) is 1.64. The summed E-state index contributed by atoms with van der Waals surface area (Å²) in [6.07, 6.45) is 3.83. The number of ketones is 1. The van der Waals surface area contributed by atoms with E-state index in [0.29, 0.717) is 5.71 Å². The van der Waals surface area contributed by atoms with Crippen LogP contribution >= 0.6 is 10.7 Å². The number of carbonyl (C=O) groups is 1. The standard InChI is InChI=1S/C7H4ClNO4S/c8-14(11,12)7-9-5-2-1-4(10)3-6(5)13-7/h1-3,7H. The van der Waals surface area contributed by atoms with E-state index in [1.165, 1.54) is 18.2 Å². The zero-order chi connectivity index (χ0) is 10.3.